The number of halogens is 1. The molecular weight excluding hydrogens is 264 g/mol. The van der Waals surface area contributed by atoms with Crippen LogP contribution in [0.25, 0.3) is 11.0 Å². The van der Waals surface area contributed by atoms with Crippen molar-refractivity contribution in [1.82, 2.24) is 4.98 Å². The molecule has 0 spiro atoms. The molecule has 1 aromatic carbocycles. The van der Waals surface area contributed by atoms with Crippen LogP contribution in [0, 0.1) is 0 Å². The van der Waals surface area contributed by atoms with Crippen molar-refractivity contribution in [3.8, 4) is 0 Å². The van der Waals surface area contributed by atoms with E-state index in [-0.39, 0.29) is 5.91 Å². The van der Waals surface area contributed by atoms with Crippen LogP contribution >= 0.6 is 11.6 Å². The summed E-state index contributed by atoms with van der Waals surface area (Å²) in [4.78, 5) is 16.2. The average molecular weight is 273 g/mol. The maximum atomic E-state index is 12.1. The molecule has 0 saturated heterocycles. The van der Waals surface area contributed by atoms with Gasteiger partial charge in [-0.25, -0.2) is 4.98 Å². The number of carbonyl (C=O) groups is 1. The normalized spacial score (nSPS) is 10.6. The zero-order valence-electron chi connectivity index (χ0n) is 9.76. The van der Waals surface area contributed by atoms with Gasteiger partial charge in [0.25, 0.3) is 5.91 Å². The van der Waals surface area contributed by atoms with Gasteiger partial charge < -0.3 is 9.73 Å². The first kappa shape index (κ1) is 11.7. The van der Waals surface area contributed by atoms with Gasteiger partial charge in [0.05, 0.1) is 5.56 Å². The van der Waals surface area contributed by atoms with Crippen molar-refractivity contribution in [2.24, 2.45) is 0 Å². The van der Waals surface area contributed by atoms with Gasteiger partial charge in [-0.3, -0.25) is 4.79 Å². The molecule has 1 amide bonds. The number of anilines is 1. The largest absolute Gasteiger partial charge is 0.463 e. The van der Waals surface area contributed by atoms with Crippen molar-refractivity contribution in [2.75, 3.05) is 5.32 Å². The number of rotatable bonds is 2. The second-order valence-electron chi connectivity index (χ2n) is 3.96. The highest BCUT2D eigenvalue weighted by Crippen LogP contribution is 2.21. The Balaban J connectivity index is 1.92. The molecule has 4 nitrogen and oxygen atoms in total. The van der Waals surface area contributed by atoms with Gasteiger partial charge in [0, 0.05) is 16.6 Å². The van der Waals surface area contributed by atoms with E-state index in [9.17, 15) is 4.79 Å². The van der Waals surface area contributed by atoms with Crippen LogP contribution in [0.1, 0.15) is 10.4 Å². The lowest BCUT2D eigenvalue weighted by molar-refractivity contribution is 0.102. The summed E-state index contributed by atoms with van der Waals surface area (Å²) in [5.41, 5.74) is 1.14. The van der Waals surface area contributed by atoms with Crippen LogP contribution in [-0.4, -0.2) is 10.9 Å². The number of nitrogens with one attached hydrogen (secondary N) is 1. The number of hydrogen-bond donors (Lipinski definition) is 1. The zero-order chi connectivity index (χ0) is 13.2. The Labute approximate surface area is 114 Å². The standard InChI is InChI=1S/C14H9ClN2O2/c15-9-5-6-16-13(7-9)17-14(18)11-8-19-12-4-2-1-3-10(11)12/h1-8H,(H,16,17,18). The van der Waals surface area contributed by atoms with E-state index in [1.54, 1.807) is 12.1 Å². The summed E-state index contributed by atoms with van der Waals surface area (Å²) in [7, 11) is 0. The van der Waals surface area contributed by atoms with Gasteiger partial charge >= 0.3 is 0 Å². The molecule has 94 valence electrons. The number of carbonyl (C=O) groups excluding carboxylic acids is 1. The van der Waals surface area contributed by atoms with E-state index < -0.39 is 0 Å². The Kier molecular flexibility index (Phi) is 2.93. The van der Waals surface area contributed by atoms with E-state index in [1.807, 2.05) is 24.3 Å². The third kappa shape index (κ3) is 2.30. The third-order valence-corrected chi connectivity index (χ3v) is 2.92. The molecule has 0 aliphatic carbocycles. The van der Waals surface area contributed by atoms with Crippen LogP contribution in [0.15, 0.2) is 53.3 Å². The fourth-order valence-corrected chi connectivity index (χ4v) is 1.97. The van der Waals surface area contributed by atoms with Crippen LogP contribution in [0.5, 0.6) is 0 Å². The highest BCUT2D eigenvalue weighted by Gasteiger charge is 2.13. The summed E-state index contributed by atoms with van der Waals surface area (Å²) >= 11 is 5.84. The van der Waals surface area contributed by atoms with E-state index in [0.717, 1.165) is 5.39 Å². The monoisotopic (exact) mass is 272 g/mol. The Morgan fingerprint density at radius 1 is 1.26 bits per heavy atom. The lowest BCUT2D eigenvalue weighted by Gasteiger charge is -2.02. The molecule has 19 heavy (non-hydrogen) atoms. The fourth-order valence-electron chi connectivity index (χ4n) is 1.81. The van der Waals surface area contributed by atoms with Crippen LogP contribution in [0.3, 0.4) is 0 Å². The van der Waals surface area contributed by atoms with E-state index in [2.05, 4.69) is 10.3 Å². The summed E-state index contributed by atoms with van der Waals surface area (Å²) in [6, 6.07) is 10.6. The number of amides is 1. The number of pyridine rings is 1. The molecule has 3 rings (SSSR count). The maximum Gasteiger partial charge on any atom is 0.260 e. The molecule has 0 bridgehead atoms. The average Bonchev–Trinajstić information content (AvgIpc) is 2.82. The maximum absolute atomic E-state index is 12.1. The van der Waals surface area contributed by atoms with Crippen molar-refractivity contribution in [3.63, 3.8) is 0 Å². The number of benzene rings is 1. The topological polar surface area (TPSA) is 55.1 Å². The van der Waals surface area contributed by atoms with Crippen molar-refractivity contribution >= 4 is 34.3 Å². The van der Waals surface area contributed by atoms with E-state index in [1.165, 1.54) is 12.5 Å². The number of furan rings is 1. The first-order valence-corrected chi connectivity index (χ1v) is 6.01. The van der Waals surface area contributed by atoms with Gasteiger partial charge in [-0.05, 0) is 18.2 Å². The molecule has 2 heterocycles. The van der Waals surface area contributed by atoms with Gasteiger partial charge in [-0.2, -0.15) is 0 Å². The van der Waals surface area contributed by atoms with Crippen LogP contribution < -0.4 is 5.32 Å². The minimum Gasteiger partial charge on any atom is -0.463 e. The molecule has 0 atom stereocenters. The molecule has 2 aromatic heterocycles. The van der Waals surface area contributed by atoms with Gasteiger partial charge in [-0.15, -0.1) is 0 Å². The second kappa shape index (κ2) is 4.74. The molecule has 0 aliphatic heterocycles. The summed E-state index contributed by atoms with van der Waals surface area (Å²) in [6.07, 6.45) is 2.97. The third-order valence-electron chi connectivity index (χ3n) is 2.69. The number of fused-ring (bicyclic) bond motifs is 1. The Morgan fingerprint density at radius 3 is 2.95 bits per heavy atom. The lowest BCUT2D eigenvalue weighted by Crippen LogP contribution is -2.12. The predicted molar refractivity (Wildman–Crippen MR) is 73.4 cm³/mol. The molecule has 0 saturated carbocycles. The van der Waals surface area contributed by atoms with Crippen molar-refractivity contribution < 1.29 is 9.21 Å². The summed E-state index contributed by atoms with van der Waals surface area (Å²) < 4.78 is 5.32. The predicted octanol–water partition coefficient (Wildman–Crippen LogP) is 3.73. The van der Waals surface area contributed by atoms with E-state index in [0.29, 0.717) is 22.0 Å². The summed E-state index contributed by atoms with van der Waals surface area (Å²) in [6.45, 7) is 0. The molecule has 3 aromatic rings. The Morgan fingerprint density at radius 2 is 2.11 bits per heavy atom. The summed E-state index contributed by atoms with van der Waals surface area (Å²) in [5, 5.41) is 3.96. The van der Waals surface area contributed by atoms with Crippen molar-refractivity contribution in [3.05, 3.63) is 59.4 Å². The van der Waals surface area contributed by atoms with Crippen LogP contribution in [0.4, 0.5) is 5.82 Å². The molecule has 1 N–H and O–H groups in total. The SMILES string of the molecule is O=C(Nc1cc(Cl)ccn1)c1coc2ccccc12. The Hall–Kier alpha value is -2.33. The molecule has 0 unspecified atom stereocenters. The van der Waals surface area contributed by atoms with Crippen molar-refractivity contribution in [2.45, 2.75) is 0 Å². The fraction of sp³-hybridized carbons (Fsp3) is 0. The first-order chi connectivity index (χ1) is 9.24. The first-order valence-electron chi connectivity index (χ1n) is 5.63. The molecule has 5 heteroatoms. The van der Waals surface area contributed by atoms with Gasteiger partial charge in [0.1, 0.15) is 17.7 Å². The number of nitrogens with zero attached hydrogens (tertiary/aromatic N) is 1. The lowest BCUT2D eigenvalue weighted by atomic mass is 10.1. The molecular formula is C14H9ClN2O2. The number of aromatic nitrogens is 1. The highest BCUT2D eigenvalue weighted by molar-refractivity contribution is 6.30. The minimum atomic E-state index is -0.278. The highest BCUT2D eigenvalue weighted by atomic mass is 35.5. The minimum absolute atomic E-state index is 0.278. The second-order valence-corrected chi connectivity index (χ2v) is 4.40. The van der Waals surface area contributed by atoms with Gasteiger partial charge in [0.15, 0.2) is 0 Å². The molecule has 0 fully saturated rings. The molecule has 0 aliphatic rings. The van der Waals surface area contributed by atoms with Gasteiger partial charge in [-0.1, -0.05) is 29.8 Å². The number of hydrogen-bond acceptors (Lipinski definition) is 3. The zero-order valence-corrected chi connectivity index (χ0v) is 10.5. The van der Waals surface area contributed by atoms with Crippen molar-refractivity contribution in [1.29, 1.82) is 0 Å². The van der Waals surface area contributed by atoms with E-state index in [4.69, 9.17) is 16.0 Å². The van der Waals surface area contributed by atoms with Crippen LogP contribution in [-0.2, 0) is 0 Å². The van der Waals surface area contributed by atoms with E-state index >= 15 is 0 Å². The Bertz CT molecular complexity index is 752. The van der Waals surface area contributed by atoms with Gasteiger partial charge in [0.2, 0.25) is 0 Å². The quantitative estimate of drug-likeness (QED) is 0.773. The summed E-state index contributed by atoms with van der Waals surface area (Å²) in [5.74, 6) is 0.127. The van der Waals surface area contributed by atoms with Crippen LogP contribution in [0.2, 0.25) is 5.02 Å². The molecule has 0 radical (unpaired) electrons. The number of para-hydroxylation sites is 1. The smallest absolute Gasteiger partial charge is 0.260 e.